The normalized spacial score (nSPS) is 21.6. The van der Waals surface area contributed by atoms with Crippen molar-refractivity contribution in [2.75, 3.05) is 13.1 Å². The van der Waals surface area contributed by atoms with E-state index in [9.17, 15) is 4.79 Å². The van der Waals surface area contributed by atoms with Crippen LogP contribution in [-0.2, 0) is 18.3 Å². The monoisotopic (exact) mass is 237 g/mol. The zero-order valence-corrected chi connectivity index (χ0v) is 10.2. The molecule has 1 aliphatic rings. The highest BCUT2D eigenvalue weighted by molar-refractivity contribution is 5.73. The van der Waals surface area contributed by atoms with Crippen LogP contribution in [0.1, 0.15) is 24.8 Å². The predicted molar refractivity (Wildman–Crippen MR) is 63.8 cm³/mol. The quantitative estimate of drug-likeness (QED) is 0.845. The Kier molecular flexibility index (Phi) is 3.78. The fourth-order valence-electron chi connectivity index (χ4n) is 2.41. The second kappa shape index (κ2) is 5.31. The Morgan fingerprint density at radius 3 is 3.06 bits per heavy atom. The Labute approximate surface area is 101 Å². The Bertz CT molecular complexity index is 389. The van der Waals surface area contributed by atoms with Crippen molar-refractivity contribution >= 4 is 5.97 Å². The second-order valence-electron chi connectivity index (χ2n) is 4.66. The molecule has 2 rings (SSSR count). The highest BCUT2D eigenvalue weighted by Gasteiger charge is 2.27. The van der Waals surface area contributed by atoms with E-state index >= 15 is 0 Å². The van der Waals surface area contributed by atoms with Crippen LogP contribution in [0.3, 0.4) is 0 Å². The third kappa shape index (κ3) is 3.06. The molecule has 1 fully saturated rings. The molecule has 1 aromatic heterocycles. The van der Waals surface area contributed by atoms with Gasteiger partial charge in [-0.25, -0.2) is 0 Å². The zero-order valence-electron chi connectivity index (χ0n) is 10.2. The summed E-state index contributed by atoms with van der Waals surface area (Å²) in [5.74, 6) is -0.684. The Morgan fingerprint density at radius 1 is 1.59 bits per heavy atom. The van der Waals surface area contributed by atoms with E-state index in [4.69, 9.17) is 5.11 Å². The molecule has 0 aromatic carbocycles. The molecule has 0 amide bonds. The first kappa shape index (κ1) is 12.1. The van der Waals surface area contributed by atoms with Crippen LogP contribution in [0.15, 0.2) is 12.4 Å². The molecule has 1 atom stereocenters. The zero-order chi connectivity index (χ0) is 12.3. The number of aliphatic carboxylic acids is 1. The minimum atomic E-state index is -0.684. The van der Waals surface area contributed by atoms with Gasteiger partial charge in [-0.2, -0.15) is 5.10 Å². The molecule has 1 aromatic rings. The molecule has 1 N–H and O–H groups in total. The van der Waals surface area contributed by atoms with Crippen LogP contribution < -0.4 is 0 Å². The van der Waals surface area contributed by atoms with Crippen molar-refractivity contribution < 1.29 is 9.90 Å². The first-order valence-corrected chi connectivity index (χ1v) is 6.11. The number of aryl methyl sites for hydroxylation is 1. The van der Waals surface area contributed by atoms with E-state index in [1.165, 1.54) is 5.56 Å². The molecule has 2 heterocycles. The predicted octanol–water partition coefficient (Wildman–Crippen LogP) is 0.902. The summed E-state index contributed by atoms with van der Waals surface area (Å²) in [4.78, 5) is 13.2. The highest BCUT2D eigenvalue weighted by atomic mass is 16.4. The lowest BCUT2D eigenvalue weighted by atomic mass is 10.0. The summed E-state index contributed by atoms with van der Waals surface area (Å²) >= 11 is 0. The van der Waals surface area contributed by atoms with Crippen molar-refractivity contribution in [2.24, 2.45) is 7.05 Å². The van der Waals surface area contributed by atoms with E-state index in [2.05, 4.69) is 10.00 Å². The number of carboxylic acid groups (broad SMARTS) is 1. The van der Waals surface area contributed by atoms with Crippen molar-refractivity contribution in [3.05, 3.63) is 18.0 Å². The van der Waals surface area contributed by atoms with Crippen LogP contribution in [0.25, 0.3) is 0 Å². The van der Waals surface area contributed by atoms with Crippen molar-refractivity contribution in [2.45, 2.75) is 31.7 Å². The third-order valence-corrected chi connectivity index (χ3v) is 3.34. The molecule has 1 unspecified atom stereocenters. The minimum Gasteiger partial charge on any atom is -0.480 e. The standard InChI is InChI=1S/C12H19N3O2/c1-14-9-10(8-13-14)5-7-15-6-3-2-4-11(15)12(16)17/h8-9,11H,2-7H2,1H3,(H,16,17). The van der Waals surface area contributed by atoms with Gasteiger partial charge in [-0.1, -0.05) is 6.42 Å². The Balaban J connectivity index is 1.90. The summed E-state index contributed by atoms with van der Waals surface area (Å²) < 4.78 is 1.78. The van der Waals surface area contributed by atoms with Crippen LogP contribution >= 0.6 is 0 Å². The lowest BCUT2D eigenvalue weighted by molar-refractivity contribution is -0.144. The van der Waals surface area contributed by atoms with Crippen molar-refractivity contribution in [1.82, 2.24) is 14.7 Å². The van der Waals surface area contributed by atoms with Crippen molar-refractivity contribution in [3.63, 3.8) is 0 Å². The molecule has 0 bridgehead atoms. The lowest BCUT2D eigenvalue weighted by Gasteiger charge is -2.32. The first-order chi connectivity index (χ1) is 8.16. The van der Waals surface area contributed by atoms with Crippen LogP contribution in [0.2, 0.25) is 0 Å². The largest absolute Gasteiger partial charge is 0.480 e. The number of hydrogen-bond acceptors (Lipinski definition) is 3. The van der Waals surface area contributed by atoms with Crippen molar-refractivity contribution in [1.29, 1.82) is 0 Å². The number of likely N-dealkylation sites (tertiary alicyclic amines) is 1. The van der Waals surface area contributed by atoms with Gasteiger partial charge >= 0.3 is 5.97 Å². The van der Waals surface area contributed by atoms with Crippen molar-refractivity contribution in [3.8, 4) is 0 Å². The van der Waals surface area contributed by atoms with Gasteiger partial charge in [0.2, 0.25) is 0 Å². The number of nitrogens with zero attached hydrogens (tertiary/aromatic N) is 3. The number of piperidine rings is 1. The molecule has 94 valence electrons. The van der Waals surface area contributed by atoms with Gasteiger partial charge in [-0.15, -0.1) is 0 Å². The SMILES string of the molecule is Cn1cc(CCN2CCCCC2C(=O)O)cn1. The lowest BCUT2D eigenvalue weighted by Crippen LogP contribution is -2.45. The molecule has 5 nitrogen and oxygen atoms in total. The molecule has 0 spiro atoms. The molecular formula is C12H19N3O2. The fraction of sp³-hybridized carbons (Fsp3) is 0.667. The van der Waals surface area contributed by atoms with E-state index in [-0.39, 0.29) is 6.04 Å². The van der Waals surface area contributed by atoms with E-state index in [1.807, 2.05) is 19.4 Å². The summed E-state index contributed by atoms with van der Waals surface area (Å²) in [5, 5.41) is 13.3. The smallest absolute Gasteiger partial charge is 0.320 e. The molecule has 1 saturated heterocycles. The van der Waals surface area contributed by atoms with E-state index < -0.39 is 5.97 Å². The summed E-state index contributed by atoms with van der Waals surface area (Å²) in [5.41, 5.74) is 1.17. The van der Waals surface area contributed by atoms with E-state index in [0.29, 0.717) is 0 Å². The summed E-state index contributed by atoms with van der Waals surface area (Å²) in [6, 6.07) is -0.291. The number of hydrogen-bond donors (Lipinski definition) is 1. The van der Waals surface area contributed by atoms with Gasteiger partial charge in [0.15, 0.2) is 0 Å². The second-order valence-corrected chi connectivity index (χ2v) is 4.66. The van der Waals surface area contributed by atoms with Gasteiger partial charge < -0.3 is 5.11 Å². The van der Waals surface area contributed by atoms with Gasteiger partial charge in [0.25, 0.3) is 0 Å². The maximum atomic E-state index is 11.1. The molecule has 1 aliphatic heterocycles. The van der Waals surface area contributed by atoms with Gasteiger partial charge in [0.1, 0.15) is 6.04 Å². The average Bonchev–Trinajstić information content (AvgIpc) is 2.73. The van der Waals surface area contributed by atoms with Crippen LogP contribution in [0, 0.1) is 0 Å². The number of aromatic nitrogens is 2. The Hall–Kier alpha value is -1.36. The molecular weight excluding hydrogens is 218 g/mol. The molecule has 17 heavy (non-hydrogen) atoms. The van der Waals surface area contributed by atoms with Crippen LogP contribution in [-0.4, -0.2) is 44.9 Å². The molecule has 5 heteroatoms. The van der Waals surface area contributed by atoms with E-state index in [0.717, 1.165) is 38.8 Å². The third-order valence-electron chi connectivity index (χ3n) is 3.34. The summed E-state index contributed by atoms with van der Waals surface area (Å²) in [7, 11) is 1.89. The Morgan fingerprint density at radius 2 is 2.41 bits per heavy atom. The van der Waals surface area contributed by atoms with Gasteiger partial charge in [-0.05, 0) is 31.4 Å². The van der Waals surface area contributed by atoms with Crippen LogP contribution in [0.5, 0.6) is 0 Å². The topological polar surface area (TPSA) is 58.4 Å². The highest BCUT2D eigenvalue weighted by Crippen LogP contribution is 2.17. The summed E-state index contributed by atoms with van der Waals surface area (Å²) in [6.07, 6.45) is 7.62. The molecule has 0 aliphatic carbocycles. The van der Waals surface area contributed by atoms with E-state index in [1.54, 1.807) is 4.68 Å². The fourth-order valence-corrected chi connectivity index (χ4v) is 2.41. The summed E-state index contributed by atoms with van der Waals surface area (Å²) in [6.45, 7) is 1.71. The molecule has 0 saturated carbocycles. The number of rotatable bonds is 4. The average molecular weight is 237 g/mol. The maximum absolute atomic E-state index is 11.1. The van der Waals surface area contributed by atoms with Gasteiger partial charge in [-0.3, -0.25) is 14.4 Å². The number of carboxylic acids is 1. The number of carbonyl (C=O) groups is 1. The van der Waals surface area contributed by atoms with Crippen LogP contribution in [0.4, 0.5) is 0 Å². The first-order valence-electron chi connectivity index (χ1n) is 6.11. The van der Waals surface area contributed by atoms with Gasteiger partial charge in [0, 0.05) is 19.8 Å². The minimum absolute atomic E-state index is 0.291. The van der Waals surface area contributed by atoms with Gasteiger partial charge in [0.05, 0.1) is 6.20 Å². The maximum Gasteiger partial charge on any atom is 0.320 e. The molecule has 0 radical (unpaired) electrons.